The van der Waals surface area contributed by atoms with E-state index in [2.05, 4.69) is 5.32 Å². The molecule has 0 radical (unpaired) electrons. The topological polar surface area (TPSA) is 89.5 Å². The van der Waals surface area contributed by atoms with Gasteiger partial charge in [-0.05, 0) is 43.7 Å². The van der Waals surface area contributed by atoms with E-state index < -0.39 is 21.7 Å². The zero-order chi connectivity index (χ0) is 17.2. The van der Waals surface area contributed by atoms with Gasteiger partial charge in [0.1, 0.15) is 4.88 Å². The molecule has 1 atom stereocenters. The molecule has 0 spiro atoms. The molecule has 1 N–H and O–H groups in total. The summed E-state index contributed by atoms with van der Waals surface area (Å²) >= 11 is 1.46. The number of sulfone groups is 1. The summed E-state index contributed by atoms with van der Waals surface area (Å²) in [6.07, 6.45) is 5.93. The molecular weight excluding hydrogens is 350 g/mol. The van der Waals surface area contributed by atoms with Gasteiger partial charge in [-0.2, -0.15) is 0 Å². The first-order valence-electron chi connectivity index (χ1n) is 8.21. The highest BCUT2D eigenvalue weighted by atomic mass is 32.2. The second-order valence-corrected chi connectivity index (χ2v) is 9.73. The molecule has 1 aromatic rings. The standard InChI is InChI=1S/C16H21NO5S2/c18-15(17-12-6-7-24(20,21)10-12)9-22-16(19)14-8-11-4-2-1-3-5-13(11)23-14/h8,12H,1-7,9-10H2,(H,17,18)/t12-/m0/s1. The number of hydrogen-bond acceptors (Lipinski definition) is 6. The van der Waals surface area contributed by atoms with Gasteiger partial charge in [-0.3, -0.25) is 4.79 Å². The lowest BCUT2D eigenvalue weighted by Crippen LogP contribution is -2.38. The summed E-state index contributed by atoms with van der Waals surface area (Å²) in [6.45, 7) is -0.377. The largest absolute Gasteiger partial charge is 0.451 e. The zero-order valence-electron chi connectivity index (χ0n) is 13.4. The van der Waals surface area contributed by atoms with Crippen LogP contribution in [0.2, 0.25) is 0 Å². The normalized spacial score (nSPS) is 22.4. The Labute approximate surface area is 145 Å². The fourth-order valence-corrected chi connectivity index (χ4v) is 5.97. The number of hydrogen-bond donors (Lipinski definition) is 1. The van der Waals surface area contributed by atoms with Crippen LogP contribution in [0.15, 0.2) is 6.07 Å². The van der Waals surface area contributed by atoms with Crippen LogP contribution in [0.25, 0.3) is 0 Å². The zero-order valence-corrected chi connectivity index (χ0v) is 15.0. The Morgan fingerprint density at radius 3 is 2.79 bits per heavy atom. The van der Waals surface area contributed by atoms with Crippen LogP contribution in [0.4, 0.5) is 0 Å². The van der Waals surface area contributed by atoms with E-state index >= 15 is 0 Å². The van der Waals surface area contributed by atoms with Gasteiger partial charge in [-0.25, -0.2) is 13.2 Å². The van der Waals surface area contributed by atoms with Gasteiger partial charge in [-0.15, -0.1) is 11.3 Å². The molecule has 2 heterocycles. The highest BCUT2D eigenvalue weighted by Gasteiger charge is 2.29. The highest BCUT2D eigenvalue weighted by molar-refractivity contribution is 7.91. The molecule has 0 bridgehead atoms. The lowest BCUT2D eigenvalue weighted by molar-refractivity contribution is -0.124. The van der Waals surface area contributed by atoms with Gasteiger partial charge in [0.05, 0.1) is 11.5 Å². The van der Waals surface area contributed by atoms with Gasteiger partial charge in [-0.1, -0.05) is 6.42 Å². The van der Waals surface area contributed by atoms with Gasteiger partial charge in [0.15, 0.2) is 16.4 Å². The quantitative estimate of drug-likeness (QED) is 0.640. The molecule has 24 heavy (non-hydrogen) atoms. The first-order valence-corrected chi connectivity index (χ1v) is 10.9. The van der Waals surface area contributed by atoms with Gasteiger partial charge < -0.3 is 10.1 Å². The number of ether oxygens (including phenoxy) is 1. The first kappa shape index (κ1) is 17.4. The van der Waals surface area contributed by atoms with Crippen LogP contribution in [-0.4, -0.2) is 44.4 Å². The molecule has 1 amide bonds. The number of thiophene rings is 1. The summed E-state index contributed by atoms with van der Waals surface area (Å²) in [5, 5.41) is 2.61. The predicted molar refractivity (Wildman–Crippen MR) is 91.1 cm³/mol. The van der Waals surface area contributed by atoms with Crippen LogP contribution in [0.3, 0.4) is 0 Å². The summed E-state index contributed by atoms with van der Waals surface area (Å²) < 4.78 is 27.8. The fraction of sp³-hybridized carbons (Fsp3) is 0.625. The Balaban J connectivity index is 1.49. The Hall–Kier alpha value is -1.41. The van der Waals surface area contributed by atoms with Gasteiger partial charge >= 0.3 is 5.97 Å². The van der Waals surface area contributed by atoms with Crippen molar-refractivity contribution < 1.29 is 22.7 Å². The Morgan fingerprint density at radius 1 is 1.25 bits per heavy atom. The average Bonchev–Trinajstić information content (AvgIpc) is 3.01. The number of carbonyl (C=O) groups excluding carboxylic acids is 2. The predicted octanol–water partition coefficient (Wildman–Crippen LogP) is 1.48. The minimum atomic E-state index is -3.04. The molecule has 8 heteroatoms. The lowest BCUT2D eigenvalue weighted by atomic mass is 10.1. The Kier molecular flexibility index (Phi) is 5.24. The van der Waals surface area contributed by atoms with Crippen LogP contribution >= 0.6 is 11.3 Å². The highest BCUT2D eigenvalue weighted by Crippen LogP contribution is 2.29. The molecule has 1 saturated heterocycles. The molecule has 0 saturated carbocycles. The van der Waals surface area contributed by atoms with Crippen molar-refractivity contribution in [3.63, 3.8) is 0 Å². The summed E-state index contributed by atoms with van der Waals surface area (Å²) in [5.74, 6) is -0.881. The summed E-state index contributed by atoms with van der Waals surface area (Å²) in [6, 6.07) is 1.51. The van der Waals surface area contributed by atoms with Gasteiger partial charge in [0, 0.05) is 10.9 Å². The number of esters is 1. The van der Waals surface area contributed by atoms with E-state index in [1.54, 1.807) is 0 Å². The maximum atomic E-state index is 12.1. The van der Waals surface area contributed by atoms with Crippen molar-refractivity contribution in [1.82, 2.24) is 5.32 Å². The number of aryl methyl sites for hydroxylation is 2. The van der Waals surface area contributed by atoms with Crippen molar-refractivity contribution in [3.8, 4) is 0 Å². The second-order valence-electron chi connectivity index (χ2n) is 6.36. The van der Waals surface area contributed by atoms with Crippen LogP contribution in [0, 0.1) is 0 Å². The van der Waals surface area contributed by atoms with Crippen LogP contribution in [0.5, 0.6) is 0 Å². The van der Waals surface area contributed by atoms with E-state index in [0.29, 0.717) is 11.3 Å². The average molecular weight is 371 g/mol. The molecule has 0 unspecified atom stereocenters. The molecule has 1 fully saturated rings. The van der Waals surface area contributed by atoms with Crippen molar-refractivity contribution in [2.24, 2.45) is 0 Å². The second kappa shape index (κ2) is 7.23. The maximum Gasteiger partial charge on any atom is 0.348 e. The molecule has 6 nitrogen and oxygen atoms in total. The summed E-state index contributed by atoms with van der Waals surface area (Å²) in [5.41, 5.74) is 1.23. The molecule has 2 aliphatic rings. The number of rotatable bonds is 4. The molecular formula is C16H21NO5S2. The number of nitrogens with one attached hydrogen (secondary N) is 1. The minimum Gasteiger partial charge on any atom is -0.451 e. The van der Waals surface area contributed by atoms with Crippen LogP contribution < -0.4 is 5.32 Å². The van der Waals surface area contributed by atoms with E-state index in [0.717, 1.165) is 25.7 Å². The van der Waals surface area contributed by atoms with Gasteiger partial charge in [0.25, 0.3) is 5.91 Å². The third-order valence-corrected chi connectivity index (χ3v) is 7.36. The van der Waals surface area contributed by atoms with E-state index in [4.69, 9.17) is 4.74 Å². The van der Waals surface area contributed by atoms with Crippen LogP contribution in [0.1, 0.15) is 45.8 Å². The van der Waals surface area contributed by atoms with E-state index in [9.17, 15) is 18.0 Å². The monoisotopic (exact) mass is 371 g/mol. The maximum absolute atomic E-state index is 12.1. The third-order valence-electron chi connectivity index (χ3n) is 4.38. The third kappa shape index (κ3) is 4.36. The van der Waals surface area contributed by atoms with Crippen molar-refractivity contribution in [1.29, 1.82) is 0 Å². The Morgan fingerprint density at radius 2 is 2.04 bits per heavy atom. The van der Waals surface area contributed by atoms with E-state index in [-0.39, 0.29) is 24.2 Å². The smallest absolute Gasteiger partial charge is 0.348 e. The molecule has 1 aromatic heterocycles. The van der Waals surface area contributed by atoms with E-state index in [1.807, 2.05) is 6.07 Å². The summed E-state index contributed by atoms with van der Waals surface area (Å²) in [4.78, 5) is 25.7. The van der Waals surface area contributed by atoms with Crippen LogP contribution in [-0.2, 0) is 32.2 Å². The van der Waals surface area contributed by atoms with Crippen molar-refractivity contribution >= 4 is 33.1 Å². The first-order chi connectivity index (χ1) is 11.4. The SMILES string of the molecule is O=C(COC(=O)c1cc2c(s1)CCCCC2)N[C@H]1CCS(=O)(=O)C1. The molecule has 1 aliphatic carbocycles. The van der Waals surface area contributed by atoms with Crippen molar-refractivity contribution in [3.05, 3.63) is 21.4 Å². The number of amides is 1. The fourth-order valence-electron chi connectivity index (χ4n) is 3.15. The number of fused-ring (bicyclic) bond motifs is 1. The van der Waals surface area contributed by atoms with Crippen molar-refractivity contribution in [2.75, 3.05) is 18.1 Å². The van der Waals surface area contributed by atoms with E-state index in [1.165, 1.54) is 28.2 Å². The molecule has 0 aromatic carbocycles. The molecule has 132 valence electrons. The van der Waals surface area contributed by atoms with Gasteiger partial charge in [0.2, 0.25) is 0 Å². The molecule has 3 rings (SSSR count). The minimum absolute atomic E-state index is 0.0374. The lowest BCUT2D eigenvalue weighted by Gasteiger charge is -2.10. The van der Waals surface area contributed by atoms with Crippen molar-refractivity contribution in [2.45, 2.75) is 44.6 Å². The summed E-state index contributed by atoms with van der Waals surface area (Å²) in [7, 11) is -3.04. The molecule has 1 aliphatic heterocycles. The Bertz CT molecular complexity index is 714. The number of carbonyl (C=O) groups is 2.